The van der Waals surface area contributed by atoms with Gasteiger partial charge in [-0.15, -0.1) is 12.4 Å². The van der Waals surface area contributed by atoms with E-state index in [1.54, 1.807) is 17.0 Å². The smallest absolute Gasteiger partial charge is 0.255 e. The van der Waals surface area contributed by atoms with Crippen molar-refractivity contribution in [2.24, 2.45) is 0 Å². The van der Waals surface area contributed by atoms with Gasteiger partial charge in [-0.2, -0.15) is 0 Å². The highest BCUT2D eigenvalue weighted by molar-refractivity contribution is 6.06. The molecule has 3 aromatic rings. The fourth-order valence-corrected chi connectivity index (χ4v) is 3.80. The topological polar surface area (TPSA) is 52.7 Å². The Labute approximate surface area is 189 Å². The number of hydrogen-bond donors (Lipinski definition) is 1. The van der Waals surface area contributed by atoms with Crippen molar-refractivity contribution in [3.05, 3.63) is 89.5 Å². The Morgan fingerprint density at radius 2 is 1.52 bits per heavy atom. The normalized spacial score (nSPS) is 12.3. The number of aryl methyl sites for hydroxylation is 2. The van der Waals surface area contributed by atoms with Gasteiger partial charge in [0.2, 0.25) is 5.91 Å². The number of para-hydroxylation sites is 1. The molecule has 31 heavy (non-hydrogen) atoms. The minimum atomic E-state index is -0.171. The molecule has 1 heterocycles. The van der Waals surface area contributed by atoms with Crippen molar-refractivity contribution < 1.29 is 9.59 Å². The number of amides is 2. The number of rotatable bonds is 4. The lowest BCUT2D eigenvalue weighted by molar-refractivity contribution is -0.118. The van der Waals surface area contributed by atoms with Crippen LogP contribution in [0.3, 0.4) is 0 Å². The summed E-state index contributed by atoms with van der Waals surface area (Å²) in [5.74, 6) is -0.169. The predicted molar refractivity (Wildman–Crippen MR) is 128 cm³/mol. The molecule has 1 aliphatic rings. The van der Waals surface area contributed by atoms with Gasteiger partial charge in [-0.25, -0.2) is 0 Å². The third-order valence-corrected chi connectivity index (χ3v) is 5.22. The lowest BCUT2D eigenvalue weighted by Gasteiger charge is -2.27. The average molecular weight is 436 g/mol. The summed E-state index contributed by atoms with van der Waals surface area (Å²) in [5, 5.41) is 2.97. The zero-order valence-electron chi connectivity index (χ0n) is 17.7. The lowest BCUT2D eigenvalue weighted by atomic mass is 10.0. The first kappa shape index (κ1) is 22.5. The lowest BCUT2D eigenvalue weighted by Crippen LogP contribution is -2.35. The first-order valence-corrected chi connectivity index (χ1v) is 10.1. The highest BCUT2D eigenvalue weighted by Gasteiger charge is 2.26. The van der Waals surface area contributed by atoms with Crippen molar-refractivity contribution in [3.63, 3.8) is 0 Å². The second kappa shape index (κ2) is 9.77. The van der Waals surface area contributed by atoms with E-state index < -0.39 is 0 Å². The quantitative estimate of drug-likeness (QED) is 0.647. The zero-order chi connectivity index (χ0) is 21.1. The number of carbonyl (C=O) groups is 2. The van der Waals surface area contributed by atoms with Gasteiger partial charge in [0.25, 0.3) is 5.91 Å². The molecule has 0 aliphatic carbocycles. The number of nitrogens with zero attached hydrogens (tertiary/aromatic N) is 2. The fraction of sp³-hybridized carbons (Fsp3) is 0.200. The van der Waals surface area contributed by atoms with E-state index in [2.05, 4.69) is 11.4 Å². The van der Waals surface area contributed by atoms with Crippen molar-refractivity contribution in [2.45, 2.75) is 12.8 Å². The van der Waals surface area contributed by atoms with Crippen LogP contribution in [0.1, 0.15) is 21.5 Å². The van der Waals surface area contributed by atoms with E-state index in [4.69, 9.17) is 0 Å². The van der Waals surface area contributed by atoms with Gasteiger partial charge in [0.15, 0.2) is 0 Å². The van der Waals surface area contributed by atoms with Gasteiger partial charge in [-0.05, 0) is 68.4 Å². The van der Waals surface area contributed by atoms with Crippen LogP contribution in [-0.4, -0.2) is 37.4 Å². The largest absolute Gasteiger partial charge is 0.322 e. The van der Waals surface area contributed by atoms with E-state index >= 15 is 0 Å². The van der Waals surface area contributed by atoms with Crippen molar-refractivity contribution in [3.8, 4) is 0 Å². The van der Waals surface area contributed by atoms with E-state index in [1.807, 2.05) is 73.6 Å². The molecule has 0 unspecified atom stereocenters. The molecule has 1 N–H and O–H groups in total. The second-order valence-corrected chi connectivity index (χ2v) is 7.76. The molecule has 1 aliphatic heterocycles. The first-order valence-electron chi connectivity index (χ1n) is 10.1. The van der Waals surface area contributed by atoms with Crippen molar-refractivity contribution in [1.82, 2.24) is 4.90 Å². The SMILES string of the molecule is CN(C)CC(=O)N1c2ccccc2CCc2ccc(NC(=O)c3ccccc3)cc21.Cl. The molecule has 3 aromatic carbocycles. The number of nitrogens with one attached hydrogen (secondary N) is 1. The van der Waals surface area contributed by atoms with Crippen LogP contribution in [0.2, 0.25) is 0 Å². The number of carbonyl (C=O) groups excluding carboxylic acids is 2. The predicted octanol–water partition coefficient (Wildman–Crippen LogP) is 4.69. The standard InChI is InChI=1S/C25H25N3O2.ClH/c1-27(2)17-24(29)28-22-11-7-6-8-18(22)12-13-19-14-15-21(16-23(19)28)26-25(30)20-9-4-3-5-10-20;/h3-11,14-16H,12-13,17H2,1-2H3,(H,26,30);1H. The molecular formula is C25H26ClN3O2. The Bertz CT molecular complexity index is 1080. The van der Waals surface area contributed by atoms with Crippen LogP contribution < -0.4 is 10.2 Å². The van der Waals surface area contributed by atoms with Crippen LogP contribution in [0.15, 0.2) is 72.8 Å². The minimum absolute atomic E-state index is 0. The van der Waals surface area contributed by atoms with Crippen molar-refractivity contribution >= 4 is 41.3 Å². The van der Waals surface area contributed by atoms with Gasteiger partial charge < -0.3 is 10.2 Å². The number of hydrogen-bond acceptors (Lipinski definition) is 3. The number of likely N-dealkylation sites (N-methyl/N-ethyl adjacent to an activating group) is 1. The molecule has 6 heteroatoms. The molecule has 0 bridgehead atoms. The fourth-order valence-electron chi connectivity index (χ4n) is 3.80. The highest BCUT2D eigenvalue weighted by atomic mass is 35.5. The summed E-state index contributed by atoms with van der Waals surface area (Å²) in [5.41, 5.74) is 5.25. The molecule has 160 valence electrons. The maximum absolute atomic E-state index is 13.2. The molecule has 0 radical (unpaired) electrons. The van der Waals surface area contributed by atoms with Gasteiger partial charge in [-0.3, -0.25) is 14.5 Å². The van der Waals surface area contributed by atoms with Gasteiger partial charge in [0.1, 0.15) is 0 Å². The second-order valence-electron chi connectivity index (χ2n) is 7.76. The molecule has 0 spiro atoms. The number of fused-ring (bicyclic) bond motifs is 2. The summed E-state index contributed by atoms with van der Waals surface area (Å²) < 4.78 is 0. The monoisotopic (exact) mass is 435 g/mol. The van der Waals surface area contributed by atoms with Crippen LogP contribution in [0.5, 0.6) is 0 Å². The minimum Gasteiger partial charge on any atom is -0.322 e. The van der Waals surface area contributed by atoms with Gasteiger partial charge in [0, 0.05) is 11.3 Å². The molecular weight excluding hydrogens is 410 g/mol. The first-order chi connectivity index (χ1) is 14.5. The Kier molecular flexibility index (Phi) is 7.10. The van der Waals surface area contributed by atoms with E-state index in [0.29, 0.717) is 17.8 Å². The molecule has 5 nitrogen and oxygen atoms in total. The molecule has 2 amide bonds. The van der Waals surface area contributed by atoms with Crippen LogP contribution in [0.25, 0.3) is 0 Å². The Balaban J connectivity index is 0.00000272. The van der Waals surface area contributed by atoms with Crippen LogP contribution in [-0.2, 0) is 17.6 Å². The summed E-state index contributed by atoms with van der Waals surface area (Å²) in [7, 11) is 3.78. The third kappa shape index (κ3) is 4.95. The van der Waals surface area contributed by atoms with Crippen LogP contribution in [0, 0.1) is 0 Å². The van der Waals surface area contributed by atoms with E-state index in [0.717, 1.165) is 35.3 Å². The molecule has 0 saturated carbocycles. The molecule has 4 rings (SSSR count). The zero-order valence-corrected chi connectivity index (χ0v) is 18.5. The summed E-state index contributed by atoms with van der Waals surface area (Å²) >= 11 is 0. The molecule has 0 atom stereocenters. The Morgan fingerprint density at radius 3 is 2.23 bits per heavy atom. The third-order valence-electron chi connectivity index (χ3n) is 5.22. The van der Waals surface area contributed by atoms with E-state index in [9.17, 15) is 9.59 Å². The molecule has 0 fully saturated rings. The van der Waals surface area contributed by atoms with Crippen LogP contribution in [0.4, 0.5) is 17.1 Å². The molecule has 0 aromatic heterocycles. The number of halogens is 1. The van der Waals surface area contributed by atoms with Crippen LogP contribution >= 0.6 is 12.4 Å². The van der Waals surface area contributed by atoms with Crippen molar-refractivity contribution in [2.75, 3.05) is 30.9 Å². The maximum atomic E-state index is 13.2. The summed E-state index contributed by atoms with van der Waals surface area (Å²) in [6.45, 7) is 0.300. The highest BCUT2D eigenvalue weighted by Crippen LogP contribution is 2.37. The van der Waals surface area contributed by atoms with E-state index in [-0.39, 0.29) is 24.2 Å². The summed E-state index contributed by atoms with van der Waals surface area (Å²) in [4.78, 5) is 29.5. The van der Waals surface area contributed by atoms with Crippen molar-refractivity contribution in [1.29, 1.82) is 0 Å². The number of anilines is 3. The summed E-state index contributed by atoms with van der Waals surface area (Å²) in [6.07, 6.45) is 1.70. The van der Waals surface area contributed by atoms with Gasteiger partial charge >= 0.3 is 0 Å². The molecule has 0 saturated heterocycles. The van der Waals surface area contributed by atoms with Gasteiger partial charge in [0.05, 0.1) is 17.9 Å². The Morgan fingerprint density at radius 1 is 0.871 bits per heavy atom. The van der Waals surface area contributed by atoms with Gasteiger partial charge in [-0.1, -0.05) is 42.5 Å². The Hall–Kier alpha value is -3.15. The van der Waals surface area contributed by atoms with E-state index in [1.165, 1.54) is 0 Å². The maximum Gasteiger partial charge on any atom is 0.255 e. The average Bonchev–Trinajstić information content (AvgIpc) is 2.90. The number of benzene rings is 3. The summed E-state index contributed by atoms with van der Waals surface area (Å²) in [6, 6.07) is 23.0.